The Morgan fingerprint density at radius 3 is 2.86 bits per heavy atom. The summed E-state index contributed by atoms with van der Waals surface area (Å²) in [7, 11) is 0. The molecule has 0 aliphatic carbocycles. The minimum absolute atomic E-state index is 0.252. The van der Waals surface area contributed by atoms with Crippen LogP contribution in [-0.2, 0) is 6.42 Å². The molecule has 2 nitrogen and oxygen atoms in total. The molecule has 0 N–H and O–H groups in total. The summed E-state index contributed by atoms with van der Waals surface area (Å²) < 4.78 is 5.16. The average Bonchev–Trinajstić information content (AvgIpc) is 2.19. The molecule has 0 bridgehead atoms. The number of fused-ring (bicyclic) bond motifs is 1. The lowest BCUT2D eigenvalue weighted by Crippen LogP contribution is -2.07. The van der Waals surface area contributed by atoms with Crippen LogP contribution in [0.2, 0.25) is 0 Å². The first-order valence-corrected chi connectivity index (χ1v) is 5.07. The fourth-order valence-corrected chi connectivity index (χ4v) is 1.64. The Balaban J connectivity index is 2.65. The fraction of sp³-hybridized carbons (Fsp3) is 0.182. The maximum absolute atomic E-state index is 11.4. The Hall–Kier alpha value is -1.22. The number of rotatable bonds is 2. The van der Waals surface area contributed by atoms with Crippen molar-refractivity contribution in [3.63, 3.8) is 0 Å². The van der Waals surface area contributed by atoms with Crippen molar-refractivity contribution >= 4 is 23.6 Å². The van der Waals surface area contributed by atoms with E-state index < -0.39 is 0 Å². The Bertz CT molecular complexity index is 502. The van der Waals surface area contributed by atoms with Gasteiger partial charge in [0.15, 0.2) is 0 Å². The number of para-hydroxylation sites is 1. The summed E-state index contributed by atoms with van der Waals surface area (Å²) in [5, 5.41) is 0.962. The first kappa shape index (κ1) is 9.34. The van der Waals surface area contributed by atoms with Gasteiger partial charge in [-0.3, -0.25) is 0 Å². The average molecular weight is 206 g/mol. The third kappa shape index (κ3) is 1.68. The molecule has 0 saturated heterocycles. The van der Waals surface area contributed by atoms with Gasteiger partial charge < -0.3 is 4.42 Å². The zero-order chi connectivity index (χ0) is 9.97. The van der Waals surface area contributed by atoms with E-state index in [0.29, 0.717) is 23.3 Å². The van der Waals surface area contributed by atoms with E-state index in [1.54, 1.807) is 6.07 Å². The van der Waals surface area contributed by atoms with Crippen LogP contribution < -0.4 is 5.63 Å². The molecule has 0 atom stereocenters. The van der Waals surface area contributed by atoms with Crippen LogP contribution in [0.3, 0.4) is 0 Å². The lowest BCUT2D eigenvalue weighted by Gasteiger charge is -1.99. The van der Waals surface area contributed by atoms with Crippen molar-refractivity contribution < 1.29 is 4.42 Å². The van der Waals surface area contributed by atoms with E-state index in [9.17, 15) is 4.79 Å². The summed E-state index contributed by atoms with van der Waals surface area (Å²) in [6.45, 7) is 0. The van der Waals surface area contributed by atoms with Crippen LogP contribution in [0.5, 0.6) is 0 Å². The molecule has 0 aliphatic rings. The Morgan fingerprint density at radius 1 is 1.29 bits per heavy atom. The van der Waals surface area contributed by atoms with Crippen LogP contribution in [-0.4, -0.2) is 5.75 Å². The van der Waals surface area contributed by atoms with Gasteiger partial charge >= 0.3 is 5.63 Å². The molecule has 0 unspecified atom stereocenters. The second kappa shape index (κ2) is 3.88. The molecule has 72 valence electrons. The molecule has 2 rings (SSSR count). The number of aryl methyl sites for hydroxylation is 1. The van der Waals surface area contributed by atoms with Gasteiger partial charge in [0.1, 0.15) is 5.58 Å². The highest BCUT2D eigenvalue weighted by Crippen LogP contribution is 2.12. The number of thiol groups is 1. The van der Waals surface area contributed by atoms with Crippen molar-refractivity contribution in [2.75, 3.05) is 5.75 Å². The Kier molecular flexibility index (Phi) is 2.59. The predicted molar refractivity (Wildman–Crippen MR) is 60.0 cm³/mol. The molecule has 1 heterocycles. The zero-order valence-corrected chi connectivity index (χ0v) is 8.46. The monoisotopic (exact) mass is 206 g/mol. The molecule has 0 amide bonds. The lowest BCUT2D eigenvalue weighted by molar-refractivity contribution is 0.552. The van der Waals surface area contributed by atoms with Gasteiger partial charge in [0, 0.05) is 10.9 Å². The largest absolute Gasteiger partial charge is 0.423 e. The molecule has 3 heteroatoms. The molecule has 0 spiro atoms. The summed E-state index contributed by atoms with van der Waals surface area (Å²) in [6.07, 6.45) is 0.649. The van der Waals surface area contributed by atoms with Gasteiger partial charge in [-0.15, -0.1) is 0 Å². The van der Waals surface area contributed by atoms with Crippen molar-refractivity contribution in [3.05, 3.63) is 46.3 Å². The normalized spacial score (nSPS) is 10.6. The van der Waals surface area contributed by atoms with E-state index in [1.807, 2.05) is 24.3 Å². The summed E-state index contributed by atoms with van der Waals surface area (Å²) in [5.41, 5.74) is 1.08. The Labute approximate surface area is 87.0 Å². The first-order chi connectivity index (χ1) is 6.81. The standard InChI is InChI=1S/C11H10O2S/c12-11-9(5-6-14)7-8-3-1-2-4-10(8)13-11/h1-4,7,14H,5-6H2. The van der Waals surface area contributed by atoms with Gasteiger partial charge in [-0.05, 0) is 24.3 Å². The van der Waals surface area contributed by atoms with E-state index in [4.69, 9.17) is 4.42 Å². The number of hydrogen-bond donors (Lipinski definition) is 1. The second-order valence-corrected chi connectivity index (χ2v) is 3.52. The summed E-state index contributed by atoms with van der Waals surface area (Å²) in [5.74, 6) is 0.656. The highest BCUT2D eigenvalue weighted by molar-refractivity contribution is 7.80. The molecule has 1 aromatic carbocycles. The summed E-state index contributed by atoms with van der Waals surface area (Å²) >= 11 is 4.09. The van der Waals surface area contributed by atoms with E-state index in [2.05, 4.69) is 12.6 Å². The predicted octanol–water partition coefficient (Wildman–Crippen LogP) is 2.27. The van der Waals surface area contributed by atoms with Crippen LogP contribution in [0.15, 0.2) is 39.5 Å². The summed E-state index contributed by atoms with van der Waals surface area (Å²) in [4.78, 5) is 11.4. The maximum Gasteiger partial charge on any atom is 0.339 e. The zero-order valence-electron chi connectivity index (χ0n) is 7.56. The molecule has 0 fully saturated rings. The summed E-state index contributed by atoms with van der Waals surface area (Å²) in [6, 6.07) is 9.37. The molecule has 1 aromatic heterocycles. The van der Waals surface area contributed by atoms with Crippen LogP contribution in [0.1, 0.15) is 5.56 Å². The van der Waals surface area contributed by atoms with Gasteiger partial charge in [0.25, 0.3) is 0 Å². The number of benzene rings is 1. The van der Waals surface area contributed by atoms with Gasteiger partial charge in [-0.25, -0.2) is 4.79 Å². The SMILES string of the molecule is O=c1oc2ccccc2cc1CCS. The highest BCUT2D eigenvalue weighted by atomic mass is 32.1. The third-order valence-electron chi connectivity index (χ3n) is 2.09. The van der Waals surface area contributed by atoms with Crippen molar-refractivity contribution in [3.8, 4) is 0 Å². The number of hydrogen-bond acceptors (Lipinski definition) is 3. The first-order valence-electron chi connectivity index (χ1n) is 4.44. The van der Waals surface area contributed by atoms with Crippen molar-refractivity contribution in [2.24, 2.45) is 0 Å². The van der Waals surface area contributed by atoms with Gasteiger partial charge in [0.2, 0.25) is 0 Å². The van der Waals surface area contributed by atoms with Crippen LogP contribution in [0, 0.1) is 0 Å². The second-order valence-electron chi connectivity index (χ2n) is 3.07. The van der Waals surface area contributed by atoms with Crippen LogP contribution >= 0.6 is 12.6 Å². The molecule has 14 heavy (non-hydrogen) atoms. The fourth-order valence-electron chi connectivity index (χ4n) is 1.40. The minimum Gasteiger partial charge on any atom is -0.423 e. The van der Waals surface area contributed by atoms with Crippen LogP contribution in [0.25, 0.3) is 11.0 Å². The van der Waals surface area contributed by atoms with Crippen molar-refractivity contribution in [1.29, 1.82) is 0 Å². The van der Waals surface area contributed by atoms with Crippen molar-refractivity contribution in [1.82, 2.24) is 0 Å². The maximum atomic E-state index is 11.4. The van der Waals surface area contributed by atoms with E-state index in [1.165, 1.54) is 0 Å². The molecule has 0 saturated carbocycles. The quantitative estimate of drug-likeness (QED) is 0.603. The molecular weight excluding hydrogens is 196 g/mol. The molecule has 2 aromatic rings. The topological polar surface area (TPSA) is 30.2 Å². The van der Waals surface area contributed by atoms with Gasteiger partial charge in [-0.1, -0.05) is 18.2 Å². The molecule has 0 radical (unpaired) electrons. The molecular formula is C11H10O2S. The highest BCUT2D eigenvalue weighted by Gasteiger charge is 2.03. The smallest absolute Gasteiger partial charge is 0.339 e. The van der Waals surface area contributed by atoms with Crippen LogP contribution in [0.4, 0.5) is 0 Å². The van der Waals surface area contributed by atoms with E-state index in [0.717, 1.165) is 5.39 Å². The van der Waals surface area contributed by atoms with E-state index in [-0.39, 0.29) is 5.63 Å². The Morgan fingerprint density at radius 2 is 2.07 bits per heavy atom. The van der Waals surface area contributed by atoms with E-state index >= 15 is 0 Å². The third-order valence-corrected chi connectivity index (χ3v) is 2.32. The van der Waals surface area contributed by atoms with Crippen molar-refractivity contribution in [2.45, 2.75) is 6.42 Å². The lowest BCUT2D eigenvalue weighted by atomic mass is 10.1. The van der Waals surface area contributed by atoms with Gasteiger partial charge in [-0.2, -0.15) is 12.6 Å². The van der Waals surface area contributed by atoms with Gasteiger partial charge in [0.05, 0.1) is 0 Å². The minimum atomic E-state index is -0.252. The molecule has 0 aliphatic heterocycles.